The summed E-state index contributed by atoms with van der Waals surface area (Å²) in [5.74, 6) is 0. The Morgan fingerprint density at radius 2 is 0.229 bits per heavy atom. The molecule has 0 amide bonds. The molecule has 6 fully saturated rings. The predicted octanol–water partition coefficient (Wildman–Crippen LogP) is 2.05. The maximum absolute atomic E-state index is 2.46. The van der Waals surface area contributed by atoms with E-state index < -0.39 is 0 Å². The molecule has 6 aliphatic rings. The minimum Gasteiger partial charge on any atom is -0.308 e. The molecule has 0 bridgehead atoms. The molecule has 25 heteroatoms. The number of rotatable bonds is 13. The minimum absolute atomic E-state index is 1.13. The van der Waals surface area contributed by atoms with Crippen LogP contribution in [0.4, 0.5) is 0 Å². The second kappa shape index (κ2) is 70.1. The van der Waals surface area contributed by atoms with Gasteiger partial charge >= 0.3 is 0 Å². The summed E-state index contributed by atoms with van der Waals surface area (Å²) in [6, 6.07) is 0. The molecule has 6 aliphatic heterocycles. The average Bonchev–Trinajstić information content (AvgIpc) is 1.96. The molecule has 0 saturated carbocycles. The van der Waals surface area contributed by atoms with E-state index in [2.05, 4.69) is 313 Å². The molecular weight excluding hydrogens is 1360 g/mol. The van der Waals surface area contributed by atoms with Crippen LogP contribution < -0.4 is 0 Å². The number of hydrogen-bond acceptors (Lipinski definition) is 25. The summed E-state index contributed by atoms with van der Waals surface area (Å²) < 4.78 is 0. The van der Waals surface area contributed by atoms with Gasteiger partial charge in [-0.1, -0.05) is 6.92 Å². The van der Waals surface area contributed by atoms with Crippen molar-refractivity contribution in [1.82, 2.24) is 122 Å². The molecule has 0 radical (unpaired) electrons. The number of nitrogens with zero attached hydrogens (tertiary/aromatic N) is 25. The van der Waals surface area contributed by atoms with Crippen molar-refractivity contribution in [3.05, 3.63) is 0 Å². The van der Waals surface area contributed by atoms with Crippen molar-refractivity contribution in [2.75, 3.05) is 504 Å². The third-order valence-electron chi connectivity index (χ3n) is 23.1. The highest BCUT2D eigenvalue weighted by atomic mass is 15.3. The molecule has 6 saturated heterocycles. The molecule has 0 aliphatic carbocycles. The van der Waals surface area contributed by atoms with Crippen LogP contribution >= 0.6 is 0 Å². The van der Waals surface area contributed by atoms with E-state index in [0.717, 1.165) is 58.9 Å². The summed E-state index contributed by atoms with van der Waals surface area (Å²) in [5, 5.41) is 0. The van der Waals surface area contributed by atoms with Gasteiger partial charge in [0.1, 0.15) is 0 Å². The Bertz CT molecular complexity index is 1740. The van der Waals surface area contributed by atoms with E-state index in [4.69, 9.17) is 0 Å². The van der Waals surface area contributed by atoms with Gasteiger partial charge in [0.05, 0.1) is 0 Å². The van der Waals surface area contributed by atoms with E-state index in [1.165, 1.54) is 313 Å². The topological polar surface area (TPSA) is 81.0 Å². The molecule has 0 spiro atoms. The Morgan fingerprint density at radius 1 is 0.138 bits per heavy atom. The zero-order valence-electron chi connectivity index (χ0n) is 78.5. The van der Waals surface area contributed by atoms with Gasteiger partial charge in [-0.3, -0.25) is 0 Å². The first-order valence-electron chi connectivity index (χ1n) is 43.8. The van der Waals surface area contributed by atoms with Crippen LogP contribution in [0.1, 0.15) is 58.3 Å². The van der Waals surface area contributed by atoms with E-state index in [-0.39, 0.29) is 0 Å². The molecule has 0 unspecified atom stereocenters. The Kier molecular flexibility index (Phi) is 69.4. The van der Waals surface area contributed by atoms with Crippen molar-refractivity contribution in [3.8, 4) is 0 Å². The molecule has 0 aromatic carbocycles. The second-order valence-electron chi connectivity index (χ2n) is 35.5. The van der Waals surface area contributed by atoms with Crippen molar-refractivity contribution in [2.24, 2.45) is 0 Å². The van der Waals surface area contributed by atoms with E-state index in [1.54, 1.807) is 0 Å². The van der Waals surface area contributed by atoms with Gasteiger partial charge in [-0.15, -0.1) is 0 Å². The van der Waals surface area contributed by atoms with E-state index in [1.807, 2.05) is 0 Å². The van der Waals surface area contributed by atoms with Crippen molar-refractivity contribution in [3.63, 3.8) is 0 Å². The highest BCUT2D eigenvalue weighted by Gasteiger charge is 2.15. The molecule has 109 heavy (non-hydrogen) atoms. The Morgan fingerprint density at radius 3 is 0.339 bits per heavy atom. The van der Waals surface area contributed by atoms with Crippen LogP contribution in [0.2, 0.25) is 0 Å². The van der Waals surface area contributed by atoms with Crippen LogP contribution in [-0.2, 0) is 0 Å². The van der Waals surface area contributed by atoms with E-state index in [0.29, 0.717) is 0 Å². The number of likely N-dealkylation sites (N-methyl/N-ethyl adjacent to an activating group) is 21. The summed E-state index contributed by atoms with van der Waals surface area (Å²) in [4.78, 5) is 60.6. The molecule has 0 aromatic heterocycles. The molecule has 25 nitrogen and oxygen atoms in total. The molecule has 6 heterocycles. The van der Waals surface area contributed by atoms with Crippen molar-refractivity contribution in [2.45, 2.75) is 58.3 Å². The first kappa shape index (κ1) is 108. The highest BCUT2D eigenvalue weighted by molar-refractivity contribution is 4.72. The Balaban J connectivity index is 0.00000126. The smallest absolute Gasteiger partial charge is 0.0107 e. The molecule has 6 rings (SSSR count). The van der Waals surface area contributed by atoms with Crippen LogP contribution in [-0.4, -0.2) is 626 Å². The lowest BCUT2D eigenvalue weighted by atomic mass is 10.3. The summed E-state index contributed by atoms with van der Waals surface area (Å²) in [6.45, 7) is 60.9. The van der Waals surface area contributed by atoms with Gasteiger partial charge in [0.25, 0.3) is 0 Å². The minimum atomic E-state index is 1.13. The second-order valence-corrected chi connectivity index (χ2v) is 35.5. The van der Waals surface area contributed by atoms with Gasteiger partial charge < -0.3 is 122 Å². The fraction of sp³-hybridized carbons (Fsp3) is 1.00. The predicted molar refractivity (Wildman–Crippen MR) is 481 cm³/mol. The molecule has 0 N–H and O–H groups in total. The standard InChI is InChI=1S/C16H39N5.C14H32N4.C12H28N4.C12H27N3.C11H25N3.C10H23N3.C9H21N3/c1-8-18(4)11-12-20(6)15-16-21(7)14-13-19(5)10-9-17(2)3;1-15-7-5-8-17(3)13-14-18(4)10-6-9-16(2)12-11-15;1-13-5-7-14(2)9-11-16(4)12-10-15(3)8-6-13;1-13-7-4-9-14(2)11-6-12-15(3)10-5-8-13;1-12-6-4-8-13(2)10-11-14(3)9-5-7-12;1-11-5-4-6-12(2)8-10-13(3)9-7-11;1-10-4-6-11(2)8-9-12(3)7-5-10/h8-16H2,1-7H3;5-14H2,1-4H3;5-12H2,1-4H3;4-12H2,1-3H3;4-11H2,1-3H3;4-10H2,1-3H3;4-9H2,1-3H3. The van der Waals surface area contributed by atoms with Crippen LogP contribution in [0.15, 0.2) is 0 Å². The normalized spacial score (nSPS) is 23.4. The fourth-order valence-electron chi connectivity index (χ4n) is 13.1. The van der Waals surface area contributed by atoms with Crippen molar-refractivity contribution < 1.29 is 0 Å². The van der Waals surface area contributed by atoms with Crippen molar-refractivity contribution >= 4 is 0 Å². The van der Waals surface area contributed by atoms with Crippen LogP contribution in [0.5, 0.6) is 0 Å². The summed E-state index contributed by atoms with van der Waals surface area (Å²) in [6.07, 6.45) is 10.4. The van der Waals surface area contributed by atoms with Crippen LogP contribution in [0.25, 0.3) is 0 Å². The lowest BCUT2D eigenvalue weighted by Gasteiger charge is -2.28. The van der Waals surface area contributed by atoms with Crippen LogP contribution in [0, 0.1) is 0 Å². The Labute approximate surface area is 681 Å². The van der Waals surface area contributed by atoms with Gasteiger partial charge in [0, 0.05) is 209 Å². The first-order valence-corrected chi connectivity index (χ1v) is 43.8. The van der Waals surface area contributed by atoms with Gasteiger partial charge in [0.15, 0.2) is 0 Å². The van der Waals surface area contributed by atoms with Crippen molar-refractivity contribution in [1.29, 1.82) is 0 Å². The summed E-state index contributed by atoms with van der Waals surface area (Å²) in [5.41, 5.74) is 0. The van der Waals surface area contributed by atoms with Gasteiger partial charge in [-0.2, -0.15) is 0 Å². The SMILES string of the molecule is CCN(C)CCN(C)CCN(C)CCN(C)CCN(C)C.CN1CCCN(C)CCCN(C)CCC1.CN1CCCN(C)CCN(C)CC1.CN1CCCN(C)CCN(C)CCC1.CN1CCCN(C)CCN(C)CCCN(C)CC1.CN1CCN(C)CCN(C)CC1.CN1CCN(C)CCN(C)CCN(C)CC1. The lowest BCUT2D eigenvalue weighted by Crippen LogP contribution is -2.42. The van der Waals surface area contributed by atoms with Crippen LogP contribution in [0.3, 0.4) is 0 Å². The molecule has 656 valence electrons. The highest BCUT2D eigenvalue weighted by Crippen LogP contribution is 2.04. The zero-order valence-corrected chi connectivity index (χ0v) is 78.5. The summed E-state index contributed by atoms with van der Waals surface area (Å²) >= 11 is 0. The van der Waals surface area contributed by atoms with Gasteiger partial charge in [-0.25, -0.2) is 0 Å². The van der Waals surface area contributed by atoms with E-state index >= 15 is 0 Å². The first-order chi connectivity index (χ1) is 51.7. The quantitative estimate of drug-likeness (QED) is 0.270. The van der Waals surface area contributed by atoms with E-state index in [9.17, 15) is 0 Å². The maximum atomic E-state index is 2.46. The molecule has 0 aromatic rings. The van der Waals surface area contributed by atoms with Gasteiger partial charge in [0.2, 0.25) is 0 Å². The lowest BCUT2D eigenvalue weighted by molar-refractivity contribution is 0.181. The third kappa shape index (κ3) is 70.9. The zero-order chi connectivity index (χ0) is 81.7. The largest absolute Gasteiger partial charge is 0.308 e. The summed E-state index contributed by atoms with van der Waals surface area (Å²) in [7, 11) is 57.6. The third-order valence-corrected chi connectivity index (χ3v) is 23.1. The Hall–Kier alpha value is -1.00. The fourth-order valence-corrected chi connectivity index (χ4v) is 13.1. The molecular formula is C84H195N25. The number of hydrogen-bond donors (Lipinski definition) is 0. The van der Waals surface area contributed by atoms with Gasteiger partial charge in [-0.05, 0) is 346 Å². The average molecular weight is 1560 g/mol. The molecule has 0 atom stereocenters. The monoisotopic (exact) mass is 1550 g/mol. The maximum Gasteiger partial charge on any atom is 0.0107 e.